The third-order valence-corrected chi connectivity index (χ3v) is 3.36. The molecule has 0 aliphatic heterocycles. The molecule has 1 fully saturated rings. The molecule has 2 rings (SSSR count). The largest absolute Gasteiger partial charge is 0.467 e. The van der Waals surface area contributed by atoms with Crippen molar-refractivity contribution < 1.29 is 9.21 Å². The number of hydrogen-bond donors (Lipinski definition) is 2. The molecule has 1 saturated carbocycles. The Hall–Kier alpha value is -1.36. The molecule has 5 heteroatoms. The Morgan fingerprint density at radius 2 is 2.38 bits per heavy atom. The van der Waals surface area contributed by atoms with Crippen molar-refractivity contribution in [1.82, 2.24) is 5.32 Å². The van der Waals surface area contributed by atoms with Gasteiger partial charge in [-0.15, -0.1) is 0 Å². The van der Waals surface area contributed by atoms with Gasteiger partial charge in [-0.05, 0) is 31.9 Å². The second kappa shape index (κ2) is 3.90. The van der Waals surface area contributed by atoms with Gasteiger partial charge in [-0.25, -0.2) is 0 Å². The van der Waals surface area contributed by atoms with Crippen molar-refractivity contribution in [2.24, 2.45) is 11.1 Å². The number of furan rings is 1. The Bertz CT molecular complexity index is 410. The van der Waals surface area contributed by atoms with Gasteiger partial charge in [0.25, 0.3) is 0 Å². The lowest BCUT2D eigenvalue weighted by atomic mass is 10.1. The first-order valence-corrected chi connectivity index (χ1v) is 5.61. The minimum absolute atomic E-state index is 0.0936. The molecule has 0 bridgehead atoms. The van der Waals surface area contributed by atoms with Crippen LogP contribution < -0.4 is 11.1 Å². The third kappa shape index (κ3) is 1.82. The van der Waals surface area contributed by atoms with E-state index in [1.165, 1.54) is 0 Å². The van der Waals surface area contributed by atoms with Crippen molar-refractivity contribution in [3.05, 3.63) is 24.2 Å². The molecule has 1 unspecified atom stereocenters. The fourth-order valence-electron chi connectivity index (χ4n) is 1.65. The van der Waals surface area contributed by atoms with E-state index in [0.717, 1.165) is 18.6 Å². The van der Waals surface area contributed by atoms with E-state index in [9.17, 15) is 4.79 Å². The molecule has 1 aliphatic carbocycles. The standard InChI is InChI=1S/C11H14N2O2S/c1-7(8-3-2-6-15-8)13-10(14)11(4-5-11)9(12)16/h2-3,6-7H,4-5H2,1H3,(H2,12,16)(H,13,14). The predicted molar refractivity (Wildman–Crippen MR) is 63.7 cm³/mol. The summed E-state index contributed by atoms with van der Waals surface area (Å²) in [6.07, 6.45) is 3.08. The first kappa shape index (κ1) is 11.1. The maximum Gasteiger partial charge on any atom is 0.233 e. The number of nitrogens with one attached hydrogen (secondary N) is 1. The Morgan fingerprint density at radius 1 is 1.69 bits per heavy atom. The molecule has 86 valence electrons. The van der Waals surface area contributed by atoms with Crippen LogP contribution in [0.25, 0.3) is 0 Å². The van der Waals surface area contributed by atoms with Crippen LogP contribution in [0.1, 0.15) is 31.6 Å². The van der Waals surface area contributed by atoms with Crippen LogP contribution in [0.15, 0.2) is 22.8 Å². The van der Waals surface area contributed by atoms with Gasteiger partial charge in [0, 0.05) is 0 Å². The van der Waals surface area contributed by atoms with Gasteiger partial charge in [0.15, 0.2) is 0 Å². The van der Waals surface area contributed by atoms with Gasteiger partial charge in [0.05, 0.1) is 22.7 Å². The highest BCUT2D eigenvalue weighted by Crippen LogP contribution is 2.46. The molecule has 0 spiro atoms. The number of rotatable bonds is 4. The van der Waals surface area contributed by atoms with Crippen LogP contribution in [0.3, 0.4) is 0 Å². The van der Waals surface area contributed by atoms with Crippen LogP contribution in [0.2, 0.25) is 0 Å². The fourth-order valence-corrected chi connectivity index (χ4v) is 1.95. The number of hydrogen-bond acceptors (Lipinski definition) is 3. The normalized spacial score (nSPS) is 18.8. The lowest BCUT2D eigenvalue weighted by molar-refractivity contribution is -0.124. The zero-order valence-corrected chi connectivity index (χ0v) is 9.84. The average Bonchev–Trinajstić information content (AvgIpc) is 2.87. The first-order chi connectivity index (χ1) is 7.56. The van der Waals surface area contributed by atoms with Gasteiger partial charge < -0.3 is 15.5 Å². The van der Waals surface area contributed by atoms with Gasteiger partial charge in [-0.2, -0.15) is 0 Å². The van der Waals surface area contributed by atoms with E-state index in [4.69, 9.17) is 22.4 Å². The number of amides is 1. The van der Waals surface area contributed by atoms with Crippen LogP contribution in [-0.4, -0.2) is 10.9 Å². The monoisotopic (exact) mass is 238 g/mol. The van der Waals surface area contributed by atoms with E-state index in [2.05, 4.69) is 5.32 Å². The van der Waals surface area contributed by atoms with Crippen molar-refractivity contribution in [2.45, 2.75) is 25.8 Å². The van der Waals surface area contributed by atoms with E-state index in [1.807, 2.05) is 13.0 Å². The molecule has 1 aliphatic rings. The Balaban J connectivity index is 2.01. The summed E-state index contributed by atoms with van der Waals surface area (Å²) in [6.45, 7) is 1.87. The minimum atomic E-state index is -0.601. The van der Waals surface area contributed by atoms with E-state index >= 15 is 0 Å². The second-order valence-electron chi connectivity index (χ2n) is 4.16. The lowest BCUT2D eigenvalue weighted by Crippen LogP contribution is -2.40. The summed E-state index contributed by atoms with van der Waals surface area (Å²) in [5.41, 5.74) is 4.97. The first-order valence-electron chi connectivity index (χ1n) is 5.20. The van der Waals surface area contributed by atoms with Gasteiger partial charge in [-0.3, -0.25) is 4.79 Å². The molecule has 1 amide bonds. The summed E-state index contributed by atoms with van der Waals surface area (Å²) in [6, 6.07) is 3.46. The topological polar surface area (TPSA) is 68.3 Å². The summed E-state index contributed by atoms with van der Waals surface area (Å²) in [4.78, 5) is 12.2. The number of thiocarbonyl (C=S) groups is 1. The summed E-state index contributed by atoms with van der Waals surface area (Å²) < 4.78 is 5.21. The molecule has 3 N–H and O–H groups in total. The summed E-state index contributed by atoms with van der Waals surface area (Å²) in [7, 11) is 0. The third-order valence-electron chi connectivity index (χ3n) is 2.97. The molecule has 0 aromatic carbocycles. The average molecular weight is 238 g/mol. The molecule has 0 saturated heterocycles. The van der Waals surface area contributed by atoms with Gasteiger partial charge >= 0.3 is 0 Å². The van der Waals surface area contributed by atoms with Gasteiger partial charge in [-0.1, -0.05) is 12.2 Å². The number of carbonyl (C=O) groups is 1. The molecule has 4 nitrogen and oxygen atoms in total. The summed E-state index contributed by atoms with van der Waals surface area (Å²) >= 11 is 4.92. The smallest absolute Gasteiger partial charge is 0.233 e. The van der Waals surface area contributed by atoms with Crippen LogP contribution >= 0.6 is 12.2 Å². The Labute approximate surface area is 99.2 Å². The zero-order valence-electron chi connectivity index (χ0n) is 9.03. The van der Waals surface area contributed by atoms with Gasteiger partial charge in [0.2, 0.25) is 5.91 Å². The summed E-state index contributed by atoms with van der Waals surface area (Å²) in [5, 5.41) is 2.87. The molecular formula is C11H14N2O2S. The molecule has 1 aromatic rings. The number of nitrogens with two attached hydrogens (primary N) is 1. The molecular weight excluding hydrogens is 224 g/mol. The second-order valence-corrected chi connectivity index (χ2v) is 4.60. The Kier molecular flexibility index (Phi) is 2.71. The van der Waals surface area contributed by atoms with E-state index < -0.39 is 5.41 Å². The zero-order chi connectivity index (χ0) is 11.8. The molecule has 0 radical (unpaired) electrons. The van der Waals surface area contributed by atoms with Crippen LogP contribution in [0.5, 0.6) is 0 Å². The van der Waals surface area contributed by atoms with Crippen molar-refractivity contribution in [1.29, 1.82) is 0 Å². The minimum Gasteiger partial charge on any atom is -0.467 e. The SMILES string of the molecule is CC(NC(=O)C1(C(N)=S)CC1)c1ccco1. The van der Waals surface area contributed by atoms with E-state index in [-0.39, 0.29) is 16.9 Å². The quantitative estimate of drug-likeness (QED) is 0.780. The maximum atomic E-state index is 12.0. The number of carbonyl (C=O) groups excluding carboxylic acids is 1. The van der Waals surface area contributed by atoms with Crippen LogP contribution in [0.4, 0.5) is 0 Å². The highest BCUT2D eigenvalue weighted by Gasteiger charge is 2.53. The maximum absolute atomic E-state index is 12.0. The summed E-state index contributed by atoms with van der Waals surface area (Å²) in [5.74, 6) is 0.635. The van der Waals surface area contributed by atoms with Gasteiger partial charge in [0.1, 0.15) is 5.76 Å². The van der Waals surface area contributed by atoms with Crippen molar-refractivity contribution in [3.63, 3.8) is 0 Å². The predicted octanol–water partition coefficient (Wildman–Crippen LogP) is 1.52. The highest BCUT2D eigenvalue weighted by atomic mass is 32.1. The van der Waals surface area contributed by atoms with E-state index in [0.29, 0.717) is 0 Å². The van der Waals surface area contributed by atoms with E-state index in [1.54, 1.807) is 12.3 Å². The van der Waals surface area contributed by atoms with Crippen molar-refractivity contribution in [2.75, 3.05) is 0 Å². The van der Waals surface area contributed by atoms with Crippen molar-refractivity contribution >= 4 is 23.1 Å². The molecule has 1 atom stereocenters. The highest BCUT2D eigenvalue weighted by molar-refractivity contribution is 7.80. The lowest BCUT2D eigenvalue weighted by Gasteiger charge is -2.17. The van der Waals surface area contributed by atoms with Crippen molar-refractivity contribution in [3.8, 4) is 0 Å². The fraction of sp³-hybridized carbons (Fsp3) is 0.455. The molecule has 1 aromatic heterocycles. The van der Waals surface area contributed by atoms with Crippen LogP contribution in [-0.2, 0) is 4.79 Å². The Morgan fingerprint density at radius 3 is 2.81 bits per heavy atom. The molecule has 16 heavy (non-hydrogen) atoms. The van der Waals surface area contributed by atoms with Crippen LogP contribution in [0, 0.1) is 5.41 Å². The molecule has 1 heterocycles.